The number of anilines is 1. The van der Waals surface area contributed by atoms with Crippen LogP contribution in [0.3, 0.4) is 0 Å². The van der Waals surface area contributed by atoms with Gasteiger partial charge in [0.25, 0.3) is 0 Å². The minimum Gasteiger partial charge on any atom is -0.493 e. The lowest BCUT2D eigenvalue weighted by Gasteiger charge is -2.25. The average Bonchev–Trinajstić information content (AvgIpc) is 3.41. The Hall–Kier alpha value is -3.09. The zero-order chi connectivity index (χ0) is 21.6. The molecule has 0 bridgehead atoms. The van der Waals surface area contributed by atoms with Crippen LogP contribution < -0.4 is 10.1 Å². The van der Waals surface area contributed by atoms with Crippen molar-refractivity contribution in [2.75, 3.05) is 11.9 Å². The predicted molar refractivity (Wildman–Crippen MR) is 120 cm³/mol. The summed E-state index contributed by atoms with van der Waals surface area (Å²) in [6.45, 7) is 6.77. The van der Waals surface area contributed by atoms with Gasteiger partial charge in [-0.2, -0.15) is 5.10 Å². The number of unbranched alkanes of at least 4 members (excludes halogenated alkanes) is 1. The summed E-state index contributed by atoms with van der Waals surface area (Å²) in [5.74, 6) is 2.25. The van der Waals surface area contributed by atoms with E-state index in [0.29, 0.717) is 18.9 Å². The standard InChI is InChI=1S/C24H31N5O2/c1-18(2)9-12-29-24-21(16-26-29)20(15-23(30)27-24)19-7-3-4-8-22(19)31-14-6-5-11-28-13-10-25-17-28/h3-4,7-8,10,13,16-18,20H,5-6,9,11-12,14-15H2,1-2H3,(H,27,30). The highest BCUT2D eigenvalue weighted by Crippen LogP contribution is 2.40. The summed E-state index contributed by atoms with van der Waals surface area (Å²) >= 11 is 0. The zero-order valence-corrected chi connectivity index (χ0v) is 18.3. The van der Waals surface area contributed by atoms with Gasteiger partial charge in [-0.05, 0) is 31.2 Å². The molecule has 0 radical (unpaired) electrons. The summed E-state index contributed by atoms with van der Waals surface area (Å²) < 4.78 is 10.2. The van der Waals surface area contributed by atoms with Crippen LogP contribution in [-0.4, -0.2) is 31.8 Å². The van der Waals surface area contributed by atoms with Crippen molar-refractivity contribution in [1.29, 1.82) is 0 Å². The first kappa shape index (κ1) is 21.2. The number of ether oxygens (including phenoxy) is 1. The molecule has 3 aromatic rings. The lowest BCUT2D eigenvalue weighted by Crippen LogP contribution is -2.25. The Balaban J connectivity index is 1.45. The maximum absolute atomic E-state index is 12.5. The van der Waals surface area contributed by atoms with E-state index in [2.05, 4.69) is 39.9 Å². The lowest BCUT2D eigenvalue weighted by molar-refractivity contribution is -0.116. The fourth-order valence-corrected chi connectivity index (χ4v) is 3.99. The van der Waals surface area contributed by atoms with Gasteiger partial charge in [-0.25, -0.2) is 9.67 Å². The molecule has 7 nitrogen and oxygen atoms in total. The van der Waals surface area contributed by atoms with Crippen molar-refractivity contribution < 1.29 is 9.53 Å². The van der Waals surface area contributed by atoms with Gasteiger partial charge in [-0.1, -0.05) is 32.0 Å². The van der Waals surface area contributed by atoms with E-state index in [9.17, 15) is 4.79 Å². The van der Waals surface area contributed by atoms with E-state index in [0.717, 1.165) is 55.0 Å². The van der Waals surface area contributed by atoms with Crippen LogP contribution in [0.5, 0.6) is 5.75 Å². The van der Waals surface area contributed by atoms with E-state index in [1.165, 1.54) is 0 Å². The second-order valence-electron chi connectivity index (χ2n) is 8.55. The van der Waals surface area contributed by atoms with Crippen molar-refractivity contribution in [2.45, 2.75) is 58.5 Å². The number of para-hydroxylation sites is 1. The van der Waals surface area contributed by atoms with Crippen molar-refractivity contribution in [1.82, 2.24) is 19.3 Å². The van der Waals surface area contributed by atoms with E-state index >= 15 is 0 Å². The van der Waals surface area contributed by atoms with Gasteiger partial charge in [0.2, 0.25) is 5.91 Å². The Labute approximate surface area is 183 Å². The van der Waals surface area contributed by atoms with Crippen LogP contribution in [0.15, 0.2) is 49.2 Å². The highest BCUT2D eigenvalue weighted by atomic mass is 16.5. The van der Waals surface area contributed by atoms with Crippen LogP contribution in [0.4, 0.5) is 5.82 Å². The largest absolute Gasteiger partial charge is 0.493 e. The van der Waals surface area contributed by atoms with Gasteiger partial charge in [-0.15, -0.1) is 0 Å². The molecule has 1 aliphatic heterocycles. The number of nitrogens with one attached hydrogen (secondary N) is 1. The fourth-order valence-electron chi connectivity index (χ4n) is 3.99. The molecule has 1 N–H and O–H groups in total. The van der Waals surface area contributed by atoms with Crippen LogP contribution in [0.1, 0.15) is 56.6 Å². The van der Waals surface area contributed by atoms with E-state index < -0.39 is 0 Å². The molecule has 0 saturated heterocycles. The Morgan fingerprint density at radius 1 is 1.19 bits per heavy atom. The minimum absolute atomic E-state index is 0.0268. The van der Waals surface area contributed by atoms with Gasteiger partial charge in [0.1, 0.15) is 11.6 Å². The molecule has 0 spiro atoms. The number of amides is 1. The molecule has 3 heterocycles. The second-order valence-corrected chi connectivity index (χ2v) is 8.55. The van der Waals surface area contributed by atoms with Crippen LogP contribution in [0, 0.1) is 5.92 Å². The Kier molecular flexibility index (Phi) is 6.70. The number of fused-ring (bicyclic) bond motifs is 1. The predicted octanol–water partition coefficient (Wildman–Crippen LogP) is 4.46. The van der Waals surface area contributed by atoms with Crippen molar-refractivity contribution in [3.63, 3.8) is 0 Å². The van der Waals surface area contributed by atoms with Crippen molar-refractivity contribution in [3.8, 4) is 5.75 Å². The van der Waals surface area contributed by atoms with Crippen LogP contribution in [0.2, 0.25) is 0 Å². The summed E-state index contributed by atoms with van der Waals surface area (Å²) in [4.78, 5) is 16.6. The van der Waals surface area contributed by atoms with Crippen molar-refractivity contribution >= 4 is 11.7 Å². The third-order valence-corrected chi connectivity index (χ3v) is 5.73. The van der Waals surface area contributed by atoms with Crippen LogP contribution in [-0.2, 0) is 17.9 Å². The molecule has 164 valence electrons. The van der Waals surface area contributed by atoms with Gasteiger partial charge in [-0.3, -0.25) is 4.79 Å². The summed E-state index contributed by atoms with van der Waals surface area (Å²) in [7, 11) is 0. The highest BCUT2D eigenvalue weighted by molar-refractivity contribution is 5.94. The molecule has 0 saturated carbocycles. The molecular weight excluding hydrogens is 390 g/mol. The number of carbonyl (C=O) groups is 1. The number of benzene rings is 1. The number of hydrogen-bond donors (Lipinski definition) is 1. The molecule has 1 atom stereocenters. The normalized spacial score (nSPS) is 15.7. The van der Waals surface area contributed by atoms with E-state index in [-0.39, 0.29) is 11.8 Å². The first-order valence-electron chi connectivity index (χ1n) is 11.1. The number of aryl methyl sites for hydroxylation is 2. The number of imidazole rings is 1. The first-order chi connectivity index (χ1) is 15.1. The molecule has 31 heavy (non-hydrogen) atoms. The molecule has 1 amide bonds. The molecule has 0 aliphatic carbocycles. The smallest absolute Gasteiger partial charge is 0.226 e. The topological polar surface area (TPSA) is 74.0 Å². The van der Waals surface area contributed by atoms with E-state index in [1.54, 1.807) is 6.20 Å². The number of hydrogen-bond acceptors (Lipinski definition) is 4. The van der Waals surface area contributed by atoms with E-state index in [4.69, 9.17) is 4.74 Å². The van der Waals surface area contributed by atoms with Crippen LogP contribution >= 0.6 is 0 Å². The van der Waals surface area contributed by atoms with Crippen molar-refractivity contribution in [3.05, 3.63) is 60.3 Å². The zero-order valence-electron chi connectivity index (χ0n) is 18.3. The fraction of sp³-hybridized carbons (Fsp3) is 0.458. The average molecular weight is 422 g/mol. The summed E-state index contributed by atoms with van der Waals surface area (Å²) in [6.07, 6.45) is 10.9. The third kappa shape index (κ3) is 5.16. The maximum atomic E-state index is 12.5. The van der Waals surface area contributed by atoms with E-state index in [1.807, 2.05) is 41.6 Å². The molecule has 4 rings (SSSR count). The summed E-state index contributed by atoms with van der Waals surface area (Å²) in [5, 5.41) is 7.61. The van der Waals surface area contributed by atoms with Gasteiger partial charge >= 0.3 is 0 Å². The second kappa shape index (κ2) is 9.81. The highest BCUT2D eigenvalue weighted by Gasteiger charge is 2.31. The minimum atomic E-state index is -0.0429. The lowest BCUT2D eigenvalue weighted by atomic mass is 9.87. The van der Waals surface area contributed by atoms with Gasteiger partial charge < -0.3 is 14.6 Å². The first-order valence-corrected chi connectivity index (χ1v) is 11.1. The van der Waals surface area contributed by atoms with Gasteiger partial charge in [0.15, 0.2) is 0 Å². The molecule has 1 aromatic carbocycles. The summed E-state index contributed by atoms with van der Waals surface area (Å²) in [6, 6.07) is 8.07. The Morgan fingerprint density at radius 3 is 2.87 bits per heavy atom. The Morgan fingerprint density at radius 2 is 2.06 bits per heavy atom. The Bertz CT molecular complexity index is 993. The monoisotopic (exact) mass is 421 g/mol. The molecule has 2 aromatic heterocycles. The number of nitrogens with zero attached hydrogens (tertiary/aromatic N) is 4. The number of carbonyl (C=O) groups excluding carboxylic acids is 1. The summed E-state index contributed by atoms with van der Waals surface area (Å²) in [5.41, 5.74) is 2.12. The molecular formula is C24H31N5O2. The van der Waals surface area contributed by atoms with Crippen LogP contribution in [0.25, 0.3) is 0 Å². The molecule has 1 unspecified atom stereocenters. The quantitative estimate of drug-likeness (QED) is 0.491. The molecule has 7 heteroatoms. The van der Waals surface area contributed by atoms with Gasteiger partial charge in [0, 0.05) is 48.9 Å². The molecule has 1 aliphatic rings. The van der Waals surface area contributed by atoms with Crippen molar-refractivity contribution in [2.24, 2.45) is 5.92 Å². The third-order valence-electron chi connectivity index (χ3n) is 5.73. The number of aromatic nitrogens is 4. The number of rotatable bonds is 10. The maximum Gasteiger partial charge on any atom is 0.226 e. The SMILES string of the molecule is CC(C)CCn1ncc2c1NC(=O)CC2c1ccccc1OCCCCn1ccnc1. The van der Waals surface area contributed by atoms with Gasteiger partial charge in [0.05, 0.1) is 19.1 Å². The molecule has 0 fully saturated rings.